The van der Waals surface area contributed by atoms with Gasteiger partial charge in [0.05, 0.1) is 33.1 Å². The summed E-state index contributed by atoms with van der Waals surface area (Å²) in [4.78, 5) is 0. The molecule has 0 aliphatic heterocycles. The van der Waals surface area contributed by atoms with E-state index in [-0.39, 0.29) is 0 Å². The number of furan rings is 1. The van der Waals surface area contributed by atoms with E-state index in [0.29, 0.717) is 0 Å². The number of hydrogen-bond acceptors (Lipinski definition) is 1. The van der Waals surface area contributed by atoms with E-state index in [1.54, 1.807) is 0 Å². The lowest BCUT2D eigenvalue weighted by atomic mass is 10.0. The normalized spacial score (nSPS) is 12.1. The Kier molecular flexibility index (Phi) is 6.41. The first-order valence-electron chi connectivity index (χ1n) is 19.8. The summed E-state index contributed by atoms with van der Waals surface area (Å²) in [7, 11) is 0. The van der Waals surface area contributed by atoms with Gasteiger partial charge in [-0.25, -0.2) is 0 Å². The lowest BCUT2D eigenvalue weighted by molar-refractivity contribution is 0.669. The number of aromatic nitrogens is 3. The average molecular weight is 740 g/mol. The van der Waals surface area contributed by atoms with Gasteiger partial charge < -0.3 is 18.1 Å². The summed E-state index contributed by atoms with van der Waals surface area (Å²) in [5.74, 6) is 0. The molecule has 58 heavy (non-hydrogen) atoms. The lowest BCUT2D eigenvalue weighted by Crippen LogP contribution is -1.96. The molecule has 4 heteroatoms. The summed E-state index contributed by atoms with van der Waals surface area (Å²) in [6.07, 6.45) is 0. The molecule has 0 saturated heterocycles. The van der Waals surface area contributed by atoms with Gasteiger partial charge in [0.25, 0.3) is 0 Å². The van der Waals surface area contributed by atoms with Gasteiger partial charge in [0.15, 0.2) is 0 Å². The minimum absolute atomic E-state index is 0.878. The maximum Gasteiger partial charge on any atom is 0.135 e. The number of fused-ring (bicyclic) bond motifs is 12. The molecule has 0 amide bonds. The van der Waals surface area contributed by atoms with E-state index in [0.717, 1.165) is 44.5 Å². The van der Waals surface area contributed by atoms with Crippen molar-refractivity contribution in [1.82, 2.24) is 13.7 Å². The Bertz CT molecular complexity index is 3750. The molecular weight excluding hydrogens is 707 g/mol. The fourth-order valence-corrected chi connectivity index (χ4v) is 9.67. The van der Waals surface area contributed by atoms with Crippen molar-refractivity contribution in [3.05, 3.63) is 200 Å². The highest BCUT2D eigenvalue weighted by Gasteiger charge is 2.19. The van der Waals surface area contributed by atoms with Crippen LogP contribution in [-0.2, 0) is 0 Å². The van der Waals surface area contributed by atoms with Gasteiger partial charge in [-0.15, -0.1) is 0 Å². The van der Waals surface area contributed by atoms with E-state index in [1.165, 1.54) is 71.0 Å². The molecule has 0 bridgehead atoms. The van der Waals surface area contributed by atoms with Crippen LogP contribution in [0.3, 0.4) is 0 Å². The average Bonchev–Trinajstić information content (AvgIpc) is 4.02. The maximum absolute atomic E-state index is 6.49. The van der Waals surface area contributed by atoms with Crippen molar-refractivity contribution in [3.63, 3.8) is 0 Å². The lowest BCUT2D eigenvalue weighted by Gasteiger charge is -2.11. The number of para-hydroxylation sites is 4. The Morgan fingerprint density at radius 1 is 0.241 bits per heavy atom. The SMILES string of the molecule is c1ccc(-c2ccc3c(c2)c2ccccc2n3-c2ccc3c(c2)c2ccccc2n3-c2ccc3oc4ccc(-n5c6ccccc6c6ccccc65)cc4c3c2)cc1. The highest BCUT2D eigenvalue weighted by molar-refractivity contribution is 6.14. The van der Waals surface area contributed by atoms with Crippen molar-refractivity contribution >= 4 is 87.4 Å². The van der Waals surface area contributed by atoms with Crippen LogP contribution in [0.4, 0.5) is 0 Å². The van der Waals surface area contributed by atoms with Crippen LogP contribution in [0.1, 0.15) is 0 Å². The van der Waals surface area contributed by atoms with Crippen LogP contribution in [-0.4, -0.2) is 13.7 Å². The number of nitrogens with zero attached hydrogens (tertiary/aromatic N) is 3. The molecule has 0 radical (unpaired) electrons. The molecule has 0 atom stereocenters. The van der Waals surface area contributed by atoms with E-state index in [2.05, 4.69) is 214 Å². The van der Waals surface area contributed by atoms with Crippen LogP contribution >= 0.6 is 0 Å². The van der Waals surface area contributed by atoms with E-state index >= 15 is 0 Å². The third kappa shape index (κ3) is 4.40. The Morgan fingerprint density at radius 2 is 0.603 bits per heavy atom. The zero-order valence-electron chi connectivity index (χ0n) is 31.3. The summed E-state index contributed by atoms with van der Waals surface area (Å²) in [6, 6.07) is 72.5. The van der Waals surface area contributed by atoms with Gasteiger partial charge in [-0.3, -0.25) is 0 Å². The monoisotopic (exact) mass is 739 g/mol. The Hall–Kier alpha value is -7.82. The minimum Gasteiger partial charge on any atom is -0.456 e. The highest BCUT2D eigenvalue weighted by atomic mass is 16.3. The third-order valence-electron chi connectivity index (χ3n) is 12.2. The summed E-state index contributed by atoms with van der Waals surface area (Å²) in [6.45, 7) is 0. The number of benzene rings is 9. The van der Waals surface area contributed by atoms with Crippen molar-refractivity contribution in [3.8, 4) is 28.2 Å². The first kappa shape index (κ1) is 31.4. The van der Waals surface area contributed by atoms with Crippen molar-refractivity contribution in [1.29, 1.82) is 0 Å². The van der Waals surface area contributed by atoms with Crippen molar-refractivity contribution in [2.75, 3.05) is 0 Å². The van der Waals surface area contributed by atoms with Crippen molar-refractivity contribution in [2.24, 2.45) is 0 Å². The second kappa shape index (κ2) is 11.8. The van der Waals surface area contributed by atoms with Crippen molar-refractivity contribution in [2.45, 2.75) is 0 Å². The van der Waals surface area contributed by atoms with Crippen LogP contribution < -0.4 is 0 Å². The van der Waals surface area contributed by atoms with Gasteiger partial charge >= 0.3 is 0 Å². The molecule has 13 aromatic rings. The largest absolute Gasteiger partial charge is 0.456 e. The fraction of sp³-hybridized carbons (Fsp3) is 0. The molecule has 9 aromatic carbocycles. The van der Waals surface area contributed by atoms with Gasteiger partial charge in [0.2, 0.25) is 0 Å². The van der Waals surface area contributed by atoms with Gasteiger partial charge in [0.1, 0.15) is 11.2 Å². The topological polar surface area (TPSA) is 27.9 Å². The van der Waals surface area contributed by atoms with Gasteiger partial charge in [-0.2, -0.15) is 0 Å². The van der Waals surface area contributed by atoms with Crippen LogP contribution in [0.5, 0.6) is 0 Å². The third-order valence-corrected chi connectivity index (χ3v) is 12.2. The molecule has 0 aliphatic rings. The predicted molar refractivity (Wildman–Crippen MR) is 242 cm³/mol. The Morgan fingerprint density at radius 3 is 1.10 bits per heavy atom. The number of rotatable bonds is 4. The Labute approximate surface area is 332 Å². The van der Waals surface area contributed by atoms with Crippen LogP contribution in [0.15, 0.2) is 205 Å². The Balaban J connectivity index is 0.994. The molecule has 4 aromatic heterocycles. The van der Waals surface area contributed by atoms with Gasteiger partial charge in [0, 0.05) is 60.2 Å². The van der Waals surface area contributed by atoms with E-state index in [1.807, 2.05) is 0 Å². The van der Waals surface area contributed by atoms with Crippen molar-refractivity contribution < 1.29 is 4.42 Å². The summed E-state index contributed by atoms with van der Waals surface area (Å²) < 4.78 is 13.7. The summed E-state index contributed by atoms with van der Waals surface area (Å²) >= 11 is 0. The smallest absolute Gasteiger partial charge is 0.135 e. The molecule has 4 heterocycles. The second-order valence-electron chi connectivity index (χ2n) is 15.3. The quantitative estimate of drug-likeness (QED) is 0.177. The molecule has 4 nitrogen and oxygen atoms in total. The summed E-state index contributed by atoms with van der Waals surface area (Å²) in [5, 5.41) is 9.63. The zero-order chi connectivity index (χ0) is 37.9. The van der Waals surface area contributed by atoms with Crippen LogP contribution in [0.25, 0.3) is 116 Å². The molecule has 270 valence electrons. The first-order chi connectivity index (χ1) is 28.8. The molecule has 0 unspecified atom stereocenters. The molecular formula is C54H33N3O. The van der Waals surface area contributed by atoms with E-state index < -0.39 is 0 Å². The van der Waals surface area contributed by atoms with Crippen LogP contribution in [0, 0.1) is 0 Å². The van der Waals surface area contributed by atoms with Gasteiger partial charge in [-0.1, -0.05) is 109 Å². The molecule has 0 fully saturated rings. The van der Waals surface area contributed by atoms with E-state index in [4.69, 9.17) is 4.42 Å². The highest BCUT2D eigenvalue weighted by Crippen LogP contribution is 2.40. The standard InChI is InChI=1S/C54H33N3O/c1-2-12-34(13-3-1)35-22-26-51-43(30-35)41-16-6-10-20-49(41)56(51)36-23-27-52-44(31-36)42-17-7-11-21-50(42)57(52)38-25-29-54-46(33-38)45-32-37(24-28-53(45)58-54)55-47-18-8-4-14-39(47)40-15-5-9-19-48(40)55/h1-33H. The fourth-order valence-electron chi connectivity index (χ4n) is 9.67. The molecule has 0 saturated carbocycles. The van der Waals surface area contributed by atoms with Gasteiger partial charge in [-0.05, 0) is 102 Å². The predicted octanol–water partition coefficient (Wildman–Crippen LogP) is 14.5. The minimum atomic E-state index is 0.878. The van der Waals surface area contributed by atoms with Crippen LogP contribution in [0.2, 0.25) is 0 Å². The number of hydrogen-bond donors (Lipinski definition) is 0. The summed E-state index contributed by atoms with van der Waals surface area (Å²) in [5.41, 5.74) is 14.7. The molecule has 0 N–H and O–H groups in total. The zero-order valence-corrected chi connectivity index (χ0v) is 31.3. The first-order valence-corrected chi connectivity index (χ1v) is 19.8. The second-order valence-corrected chi connectivity index (χ2v) is 15.3. The molecule has 0 spiro atoms. The molecule has 13 rings (SSSR count). The van der Waals surface area contributed by atoms with E-state index in [9.17, 15) is 0 Å². The molecule has 0 aliphatic carbocycles. The maximum atomic E-state index is 6.49.